The Bertz CT molecular complexity index is 1000. The highest BCUT2D eigenvalue weighted by Gasteiger charge is 2.19. The first-order valence-corrected chi connectivity index (χ1v) is 9.29. The first kappa shape index (κ1) is 16.0. The van der Waals surface area contributed by atoms with Gasteiger partial charge in [-0.2, -0.15) is 0 Å². The van der Waals surface area contributed by atoms with Gasteiger partial charge in [0.2, 0.25) is 0 Å². The number of benzene rings is 2. The zero-order chi connectivity index (χ0) is 16.6. The van der Waals surface area contributed by atoms with E-state index in [0.717, 1.165) is 16.5 Å². The van der Waals surface area contributed by atoms with Crippen LogP contribution in [-0.2, 0) is 10.0 Å². The number of fused-ring (bicyclic) bond motifs is 1. The molecular weight excluding hydrogens is 376 g/mol. The monoisotopic (exact) mass is 390 g/mol. The van der Waals surface area contributed by atoms with E-state index in [1.165, 1.54) is 0 Å². The van der Waals surface area contributed by atoms with Gasteiger partial charge in [0.1, 0.15) is 4.90 Å². The maximum absolute atomic E-state index is 12.8. The van der Waals surface area contributed by atoms with Gasteiger partial charge in [-0.25, -0.2) is 8.42 Å². The molecule has 0 atom stereocenters. The van der Waals surface area contributed by atoms with Gasteiger partial charge in [0.05, 0.1) is 11.2 Å². The van der Waals surface area contributed by atoms with Gasteiger partial charge >= 0.3 is 0 Å². The number of rotatable bonds is 3. The summed E-state index contributed by atoms with van der Waals surface area (Å²) in [5, 5.41) is 0.802. The van der Waals surface area contributed by atoms with Crippen molar-refractivity contribution in [1.82, 2.24) is 4.98 Å². The molecule has 1 aromatic heterocycles. The lowest BCUT2D eigenvalue weighted by Crippen LogP contribution is -2.14. The Morgan fingerprint density at radius 1 is 1.04 bits per heavy atom. The highest BCUT2D eigenvalue weighted by atomic mass is 79.9. The van der Waals surface area contributed by atoms with Crippen molar-refractivity contribution in [2.75, 3.05) is 4.72 Å². The number of nitrogens with zero attached hydrogens (tertiary/aromatic N) is 1. The summed E-state index contributed by atoms with van der Waals surface area (Å²) in [5.41, 5.74) is 3.00. The van der Waals surface area contributed by atoms with E-state index in [0.29, 0.717) is 15.7 Å². The largest absolute Gasteiger partial charge is 0.278 e. The SMILES string of the molecule is Cc1ccc(NS(=O)(=O)c2cccc3cc(C)cnc23)c(Br)c1. The standard InChI is InChI=1S/C17H15BrN2O2S/c1-11-6-7-15(14(18)9-11)20-23(21,22)16-5-3-4-13-8-12(2)10-19-17(13)16/h3-10,20H,1-2H3. The molecule has 118 valence electrons. The fraction of sp³-hybridized carbons (Fsp3) is 0.118. The molecule has 0 unspecified atom stereocenters. The molecule has 0 bridgehead atoms. The number of aromatic nitrogens is 1. The van der Waals surface area contributed by atoms with Gasteiger partial charge in [-0.1, -0.05) is 18.2 Å². The molecule has 0 saturated carbocycles. The van der Waals surface area contributed by atoms with E-state index >= 15 is 0 Å². The van der Waals surface area contributed by atoms with Crippen LogP contribution in [0.4, 0.5) is 5.69 Å². The lowest BCUT2D eigenvalue weighted by atomic mass is 10.2. The van der Waals surface area contributed by atoms with E-state index in [9.17, 15) is 8.42 Å². The van der Waals surface area contributed by atoms with Gasteiger partial charge in [0.25, 0.3) is 10.0 Å². The van der Waals surface area contributed by atoms with Crippen LogP contribution in [0.5, 0.6) is 0 Å². The van der Waals surface area contributed by atoms with E-state index in [-0.39, 0.29) is 4.90 Å². The minimum absolute atomic E-state index is 0.169. The number of aryl methyl sites for hydroxylation is 2. The van der Waals surface area contributed by atoms with Gasteiger partial charge in [0, 0.05) is 16.1 Å². The van der Waals surface area contributed by atoms with Crippen LogP contribution in [0.2, 0.25) is 0 Å². The summed E-state index contributed by atoms with van der Waals surface area (Å²) >= 11 is 3.39. The van der Waals surface area contributed by atoms with Crippen molar-refractivity contribution in [3.05, 3.63) is 64.3 Å². The molecule has 23 heavy (non-hydrogen) atoms. The molecule has 0 spiro atoms. The summed E-state index contributed by atoms with van der Waals surface area (Å²) in [6.07, 6.45) is 1.67. The molecule has 0 saturated heterocycles. The van der Waals surface area contributed by atoms with Crippen molar-refractivity contribution in [2.24, 2.45) is 0 Å². The van der Waals surface area contributed by atoms with Gasteiger partial charge in [0.15, 0.2) is 0 Å². The smallest absolute Gasteiger partial charge is 0.264 e. The highest BCUT2D eigenvalue weighted by Crippen LogP contribution is 2.28. The van der Waals surface area contributed by atoms with Crippen molar-refractivity contribution < 1.29 is 8.42 Å². The van der Waals surface area contributed by atoms with Crippen LogP contribution < -0.4 is 4.72 Å². The number of anilines is 1. The molecule has 0 fully saturated rings. The Balaban J connectivity index is 2.10. The molecule has 3 rings (SSSR count). The van der Waals surface area contributed by atoms with Crippen LogP contribution in [0.15, 0.2) is 58.0 Å². The summed E-state index contributed by atoms with van der Waals surface area (Å²) < 4.78 is 28.9. The van der Waals surface area contributed by atoms with Gasteiger partial charge in [-0.15, -0.1) is 0 Å². The fourth-order valence-corrected chi connectivity index (χ4v) is 4.35. The molecule has 6 heteroatoms. The molecule has 3 aromatic rings. The number of nitrogens with one attached hydrogen (secondary N) is 1. The molecule has 1 N–H and O–H groups in total. The quantitative estimate of drug-likeness (QED) is 0.719. The summed E-state index contributed by atoms with van der Waals surface area (Å²) in [6.45, 7) is 3.87. The number of hydrogen-bond donors (Lipinski definition) is 1. The van der Waals surface area contributed by atoms with Crippen molar-refractivity contribution >= 4 is 42.5 Å². The molecule has 0 amide bonds. The summed E-state index contributed by atoms with van der Waals surface area (Å²) in [5.74, 6) is 0. The number of sulfonamides is 1. The third kappa shape index (κ3) is 3.23. The number of halogens is 1. The molecule has 1 heterocycles. The fourth-order valence-electron chi connectivity index (χ4n) is 2.36. The summed E-state index contributed by atoms with van der Waals surface area (Å²) in [4.78, 5) is 4.46. The van der Waals surface area contributed by atoms with Crippen LogP contribution in [-0.4, -0.2) is 13.4 Å². The van der Waals surface area contributed by atoms with Gasteiger partial charge < -0.3 is 0 Å². The second-order valence-corrected chi connectivity index (χ2v) is 7.93. The third-order valence-electron chi connectivity index (χ3n) is 3.47. The summed E-state index contributed by atoms with van der Waals surface area (Å²) in [6, 6.07) is 12.5. The van der Waals surface area contributed by atoms with Crippen molar-refractivity contribution in [1.29, 1.82) is 0 Å². The lowest BCUT2D eigenvalue weighted by Gasteiger charge is -2.12. The van der Waals surface area contributed by atoms with E-state index in [1.807, 2.05) is 38.1 Å². The average Bonchev–Trinajstić information content (AvgIpc) is 2.49. The Hall–Kier alpha value is -1.92. The van der Waals surface area contributed by atoms with Crippen molar-refractivity contribution in [3.63, 3.8) is 0 Å². The maximum atomic E-state index is 12.8. The lowest BCUT2D eigenvalue weighted by molar-refractivity contribution is 0.602. The molecular formula is C17H15BrN2O2S. The first-order valence-electron chi connectivity index (χ1n) is 7.01. The average molecular weight is 391 g/mol. The van der Waals surface area contributed by atoms with Gasteiger partial charge in [-0.05, 0) is 65.2 Å². The molecule has 0 radical (unpaired) electrons. The predicted octanol–water partition coefficient (Wildman–Crippen LogP) is 4.41. The Morgan fingerprint density at radius 2 is 1.83 bits per heavy atom. The number of para-hydroxylation sites is 1. The predicted molar refractivity (Wildman–Crippen MR) is 96.2 cm³/mol. The Morgan fingerprint density at radius 3 is 2.57 bits per heavy atom. The Labute approximate surface area is 143 Å². The molecule has 0 aliphatic carbocycles. The van der Waals surface area contributed by atoms with Crippen LogP contribution in [0, 0.1) is 13.8 Å². The first-order chi connectivity index (χ1) is 10.9. The van der Waals surface area contributed by atoms with Crippen molar-refractivity contribution in [3.8, 4) is 0 Å². The van der Waals surface area contributed by atoms with Crippen LogP contribution in [0.25, 0.3) is 10.9 Å². The van der Waals surface area contributed by atoms with E-state index in [2.05, 4.69) is 25.6 Å². The van der Waals surface area contributed by atoms with E-state index in [1.54, 1.807) is 24.4 Å². The minimum atomic E-state index is -3.73. The zero-order valence-electron chi connectivity index (χ0n) is 12.7. The Kier molecular flexibility index (Phi) is 4.12. The minimum Gasteiger partial charge on any atom is -0.278 e. The van der Waals surface area contributed by atoms with Crippen molar-refractivity contribution in [2.45, 2.75) is 18.7 Å². The number of hydrogen-bond acceptors (Lipinski definition) is 3. The zero-order valence-corrected chi connectivity index (χ0v) is 15.1. The second-order valence-electron chi connectivity index (χ2n) is 5.43. The van der Waals surface area contributed by atoms with Crippen LogP contribution >= 0.6 is 15.9 Å². The van der Waals surface area contributed by atoms with E-state index in [4.69, 9.17) is 0 Å². The molecule has 0 aliphatic heterocycles. The number of pyridine rings is 1. The second kappa shape index (κ2) is 5.94. The van der Waals surface area contributed by atoms with E-state index < -0.39 is 10.0 Å². The van der Waals surface area contributed by atoms with Crippen LogP contribution in [0.1, 0.15) is 11.1 Å². The van der Waals surface area contributed by atoms with Crippen LogP contribution in [0.3, 0.4) is 0 Å². The maximum Gasteiger partial charge on any atom is 0.264 e. The topological polar surface area (TPSA) is 59.1 Å². The normalized spacial score (nSPS) is 11.6. The highest BCUT2D eigenvalue weighted by molar-refractivity contribution is 9.10. The third-order valence-corrected chi connectivity index (χ3v) is 5.52. The molecule has 2 aromatic carbocycles. The summed E-state index contributed by atoms with van der Waals surface area (Å²) in [7, 11) is -3.73. The molecule has 4 nitrogen and oxygen atoms in total. The van der Waals surface area contributed by atoms with Gasteiger partial charge in [-0.3, -0.25) is 9.71 Å². The molecule has 0 aliphatic rings.